The Labute approximate surface area is 110 Å². The van der Waals surface area contributed by atoms with Crippen LogP contribution in [0.1, 0.15) is 45.4 Å². The van der Waals surface area contributed by atoms with Crippen LogP contribution < -0.4 is 0 Å². The number of rotatable bonds is 2. The van der Waals surface area contributed by atoms with Crippen LogP contribution in [0.15, 0.2) is 0 Å². The van der Waals surface area contributed by atoms with Gasteiger partial charge in [0.05, 0.1) is 0 Å². The van der Waals surface area contributed by atoms with Crippen LogP contribution in [0.2, 0.25) is 0 Å². The molecule has 5 saturated carbocycles. The van der Waals surface area contributed by atoms with E-state index >= 15 is 0 Å². The Bertz CT molecular complexity index is 349. The lowest BCUT2D eigenvalue weighted by Crippen LogP contribution is -2.56. The highest BCUT2D eigenvalue weighted by atomic mass is 16.2. The summed E-state index contributed by atoms with van der Waals surface area (Å²) in [6, 6.07) is 0.595. The van der Waals surface area contributed by atoms with E-state index in [4.69, 9.17) is 0 Å². The van der Waals surface area contributed by atoms with E-state index in [1.54, 1.807) is 0 Å². The average molecular weight is 247 g/mol. The molecule has 2 atom stereocenters. The molecule has 5 rings (SSSR count). The highest BCUT2D eigenvalue weighted by molar-refractivity contribution is 5.81. The molecule has 0 aromatic carbocycles. The Balaban J connectivity index is 1.52. The summed E-state index contributed by atoms with van der Waals surface area (Å²) in [5, 5.41) is 0. The van der Waals surface area contributed by atoms with E-state index < -0.39 is 0 Å². The third-order valence-corrected chi connectivity index (χ3v) is 6.40. The van der Waals surface area contributed by atoms with E-state index in [1.165, 1.54) is 32.1 Å². The first-order valence-corrected chi connectivity index (χ1v) is 7.90. The quantitative estimate of drug-likeness (QED) is 0.734. The molecule has 18 heavy (non-hydrogen) atoms. The summed E-state index contributed by atoms with van der Waals surface area (Å²) in [5.41, 5.74) is 0. The van der Waals surface area contributed by atoms with E-state index in [9.17, 15) is 4.79 Å². The Morgan fingerprint density at radius 2 is 1.44 bits per heavy atom. The lowest BCUT2D eigenvalue weighted by molar-refractivity contribution is -0.142. The molecule has 0 saturated heterocycles. The monoisotopic (exact) mass is 247 g/mol. The summed E-state index contributed by atoms with van der Waals surface area (Å²) < 4.78 is 0. The van der Waals surface area contributed by atoms with Gasteiger partial charge >= 0.3 is 0 Å². The molecule has 0 heterocycles. The van der Waals surface area contributed by atoms with Crippen LogP contribution in [0.4, 0.5) is 0 Å². The summed E-state index contributed by atoms with van der Waals surface area (Å²) in [6.07, 6.45) is 8.28. The number of hydrogen-bond acceptors (Lipinski definition) is 1. The summed E-state index contributed by atoms with van der Waals surface area (Å²) >= 11 is 0. The van der Waals surface area contributed by atoms with E-state index in [0.717, 1.165) is 30.1 Å². The number of carbonyl (C=O) groups is 1. The van der Waals surface area contributed by atoms with Gasteiger partial charge in [-0.05, 0) is 68.1 Å². The van der Waals surface area contributed by atoms with Crippen LogP contribution in [0.3, 0.4) is 0 Å². The second-order valence-electron chi connectivity index (χ2n) is 7.69. The Hall–Kier alpha value is -0.530. The Morgan fingerprint density at radius 3 is 1.89 bits per heavy atom. The minimum Gasteiger partial charge on any atom is -0.342 e. The smallest absolute Gasteiger partial charge is 0.225 e. The average Bonchev–Trinajstić information content (AvgIpc) is 3.03. The fourth-order valence-electron chi connectivity index (χ4n) is 5.60. The van der Waals surface area contributed by atoms with Gasteiger partial charge in [-0.3, -0.25) is 4.79 Å². The van der Waals surface area contributed by atoms with Crippen LogP contribution in [0.25, 0.3) is 0 Å². The topological polar surface area (TPSA) is 20.3 Å². The van der Waals surface area contributed by atoms with E-state index in [-0.39, 0.29) is 0 Å². The van der Waals surface area contributed by atoms with E-state index in [0.29, 0.717) is 23.8 Å². The number of amides is 1. The van der Waals surface area contributed by atoms with E-state index in [1.807, 2.05) is 0 Å². The maximum Gasteiger partial charge on any atom is 0.225 e. The van der Waals surface area contributed by atoms with Gasteiger partial charge in [0.15, 0.2) is 0 Å². The predicted molar refractivity (Wildman–Crippen MR) is 70.9 cm³/mol. The number of nitrogens with zero attached hydrogens (tertiary/aromatic N) is 1. The van der Waals surface area contributed by atoms with Gasteiger partial charge in [0.1, 0.15) is 0 Å². The molecule has 0 aromatic rings. The predicted octanol–water partition coefficient (Wildman–Crippen LogP) is 2.93. The van der Waals surface area contributed by atoms with Gasteiger partial charge in [0, 0.05) is 19.0 Å². The van der Waals surface area contributed by atoms with Gasteiger partial charge in [-0.1, -0.05) is 6.92 Å². The fraction of sp³-hybridized carbons (Fsp3) is 0.938. The highest BCUT2D eigenvalue weighted by Gasteiger charge is 2.52. The SMILES string of the molecule is C[C@H]1C[C@@H]1C(=O)N(C)C1C2CC3CC(C2)CC1C3. The third-order valence-electron chi connectivity index (χ3n) is 6.40. The van der Waals surface area contributed by atoms with Crippen molar-refractivity contribution in [2.45, 2.75) is 51.5 Å². The first-order valence-electron chi connectivity index (χ1n) is 7.90. The normalized spacial score (nSPS) is 52.4. The minimum absolute atomic E-state index is 0.368. The van der Waals surface area contributed by atoms with Crippen molar-refractivity contribution >= 4 is 5.91 Å². The molecule has 2 nitrogen and oxygen atoms in total. The van der Waals surface area contributed by atoms with Gasteiger partial charge in [-0.25, -0.2) is 0 Å². The Kier molecular flexibility index (Phi) is 2.35. The van der Waals surface area contributed by atoms with Gasteiger partial charge in [0.25, 0.3) is 0 Å². The lowest BCUT2D eigenvalue weighted by Gasteiger charge is -2.56. The zero-order chi connectivity index (χ0) is 12.4. The van der Waals surface area contributed by atoms with Crippen molar-refractivity contribution in [3.8, 4) is 0 Å². The van der Waals surface area contributed by atoms with Crippen molar-refractivity contribution < 1.29 is 4.79 Å². The molecule has 0 aliphatic heterocycles. The van der Waals surface area contributed by atoms with Crippen LogP contribution in [0.5, 0.6) is 0 Å². The first-order chi connectivity index (χ1) is 8.63. The zero-order valence-electron chi connectivity index (χ0n) is 11.6. The number of hydrogen-bond donors (Lipinski definition) is 0. The molecular formula is C16H25NO. The molecule has 0 N–H and O–H groups in total. The molecule has 2 heteroatoms. The van der Waals surface area contributed by atoms with Crippen LogP contribution in [0, 0.1) is 35.5 Å². The van der Waals surface area contributed by atoms with Crippen LogP contribution in [-0.2, 0) is 4.79 Å². The fourth-order valence-corrected chi connectivity index (χ4v) is 5.60. The molecule has 0 radical (unpaired) electrons. The second-order valence-corrected chi connectivity index (χ2v) is 7.69. The van der Waals surface area contributed by atoms with Crippen LogP contribution in [-0.4, -0.2) is 23.9 Å². The molecule has 5 fully saturated rings. The standard InChI is InChI=1S/C16H25NO/c1-9-3-14(9)16(18)17(2)15-12-5-10-4-11(7-12)8-13(15)6-10/h9-15H,3-8H2,1-2H3/t9-,10?,11?,12?,13?,14-,15?/m0/s1. The van der Waals surface area contributed by atoms with E-state index in [2.05, 4.69) is 18.9 Å². The summed E-state index contributed by atoms with van der Waals surface area (Å²) in [5.74, 6) is 5.16. The third kappa shape index (κ3) is 1.57. The van der Waals surface area contributed by atoms with Gasteiger partial charge in [-0.15, -0.1) is 0 Å². The molecule has 5 aliphatic rings. The molecule has 0 spiro atoms. The highest BCUT2D eigenvalue weighted by Crippen LogP contribution is 2.55. The van der Waals surface area contributed by atoms with Gasteiger partial charge in [-0.2, -0.15) is 0 Å². The molecule has 1 amide bonds. The molecule has 0 aromatic heterocycles. The van der Waals surface area contributed by atoms with Crippen molar-refractivity contribution in [3.63, 3.8) is 0 Å². The first kappa shape index (κ1) is 11.3. The molecule has 0 unspecified atom stereocenters. The van der Waals surface area contributed by atoms with Crippen molar-refractivity contribution in [1.82, 2.24) is 4.90 Å². The van der Waals surface area contributed by atoms with Crippen molar-refractivity contribution in [1.29, 1.82) is 0 Å². The Morgan fingerprint density at radius 1 is 0.944 bits per heavy atom. The largest absolute Gasteiger partial charge is 0.342 e. The number of carbonyl (C=O) groups excluding carboxylic acids is 1. The van der Waals surface area contributed by atoms with Crippen molar-refractivity contribution in [2.24, 2.45) is 35.5 Å². The van der Waals surface area contributed by atoms with Crippen molar-refractivity contribution in [3.05, 3.63) is 0 Å². The summed E-state index contributed by atoms with van der Waals surface area (Å²) in [7, 11) is 2.10. The maximum atomic E-state index is 12.5. The molecule has 5 aliphatic carbocycles. The zero-order valence-corrected chi connectivity index (χ0v) is 11.6. The second kappa shape index (κ2) is 3.74. The molecule has 100 valence electrons. The molecular weight excluding hydrogens is 222 g/mol. The van der Waals surface area contributed by atoms with Crippen LogP contribution >= 0.6 is 0 Å². The van der Waals surface area contributed by atoms with Gasteiger partial charge in [0.2, 0.25) is 5.91 Å². The van der Waals surface area contributed by atoms with Crippen molar-refractivity contribution in [2.75, 3.05) is 7.05 Å². The molecule has 4 bridgehead atoms. The maximum absolute atomic E-state index is 12.5. The lowest BCUT2D eigenvalue weighted by atomic mass is 9.54. The summed E-state index contributed by atoms with van der Waals surface area (Å²) in [6.45, 7) is 2.22. The van der Waals surface area contributed by atoms with Gasteiger partial charge < -0.3 is 4.90 Å². The minimum atomic E-state index is 0.368. The summed E-state index contributed by atoms with van der Waals surface area (Å²) in [4.78, 5) is 14.6.